The number of aliphatic hydroxyl groups excluding tert-OH is 1. The van der Waals surface area contributed by atoms with Crippen molar-refractivity contribution < 1.29 is 9.84 Å². The predicted octanol–water partition coefficient (Wildman–Crippen LogP) is 2.67. The van der Waals surface area contributed by atoms with Gasteiger partial charge in [-0.15, -0.1) is 0 Å². The molecule has 3 nitrogen and oxygen atoms in total. The minimum Gasteiger partial charge on any atom is -0.390 e. The zero-order valence-electron chi connectivity index (χ0n) is 12.6. The van der Waals surface area contributed by atoms with E-state index in [1.807, 2.05) is 13.8 Å². The fraction of sp³-hybridized carbons (Fsp3) is 1.00. The molecule has 0 aliphatic carbocycles. The third kappa shape index (κ3) is 4.87. The lowest BCUT2D eigenvalue weighted by Gasteiger charge is -2.34. The highest BCUT2D eigenvalue weighted by molar-refractivity contribution is 4.80. The van der Waals surface area contributed by atoms with Gasteiger partial charge in [0, 0.05) is 13.7 Å². The van der Waals surface area contributed by atoms with Crippen molar-refractivity contribution in [1.29, 1.82) is 0 Å². The van der Waals surface area contributed by atoms with Crippen LogP contribution in [0.2, 0.25) is 0 Å². The Balaban J connectivity index is 2.21. The summed E-state index contributed by atoms with van der Waals surface area (Å²) in [6.07, 6.45) is 5.78. The summed E-state index contributed by atoms with van der Waals surface area (Å²) in [4.78, 5) is 2.49. The summed E-state index contributed by atoms with van der Waals surface area (Å²) >= 11 is 0. The molecule has 0 bridgehead atoms. The molecule has 18 heavy (non-hydrogen) atoms. The first kappa shape index (κ1) is 15.9. The van der Waals surface area contributed by atoms with E-state index in [1.54, 1.807) is 7.11 Å². The maximum absolute atomic E-state index is 10.1. The molecule has 0 aromatic carbocycles. The van der Waals surface area contributed by atoms with Crippen LogP contribution in [0.15, 0.2) is 0 Å². The topological polar surface area (TPSA) is 32.7 Å². The third-order valence-corrected chi connectivity index (χ3v) is 4.45. The van der Waals surface area contributed by atoms with E-state index in [0.29, 0.717) is 0 Å². The van der Waals surface area contributed by atoms with Crippen molar-refractivity contribution in [3.8, 4) is 0 Å². The molecule has 3 heteroatoms. The summed E-state index contributed by atoms with van der Waals surface area (Å²) in [5, 5.41) is 10.1. The molecular formula is C15H31NO2. The van der Waals surface area contributed by atoms with Gasteiger partial charge >= 0.3 is 0 Å². The lowest BCUT2D eigenvalue weighted by atomic mass is 9.92. The molecule has 1 saturated heterocycles. The van der Waals surface area contributed by atoms with Gasteiger partial charge in [0.25, 0.3) is 0 Å². The van der Waals surface area contributed by atoms with Crippen LogP contribution in [-0.2, 0) is 4.74 Å². The van der Waals surface area contributed by atoms with Crippen LogP contribution in [0.25, 0.3) is 0 Å². The Hall–Kier alpha value is -0.120. The first-order chi connectivity index (χ1) is 8.49. The molecule has 0 spiro atoms. The molecule has 1 fully saturated rings. The van der Waals surface area contributed by atoms with E-state index >= 15 is 0 Å². The molecule has 1 rings (SSSR count). The Morgan fingerprint density at radius 2 is 1.94 bits per heavy atom. The molecule has 1 atom stereocenters. The summed E-state index contributed by atoms with van der Waals surface area (Å²) in [6.45, 7) is 9.56. The highest BCUT2D eigenvalue weighted by Crippen LogP contribution is 2.23. The first-order valence-corrected chi connectivity index (χ1v) is 7.45. The van der Waals surface area contributed by atoms with Crippen molar-refractivity contribution in [1.82, 2.24) is 4.90 Å². The summed E-state index contributed by atoms with van der Waals surface area (Å²) in [7, 11) is 1.67. The van der Waals surface area contributed by atoms with E-state index in [9.17, 15) is 5.11 Å². The normalized spacial score (nSPS) is 21.2. The fourth-order valence-corrected chi connectivity index (χ4v) is 2.70. The average Bonchev–Trinajstić information content (AvgIpc) is 2.38. The summed E-state index contributed by atoms with van der Waals surface area (Å²) in [6, 6.07) is 0. The maximum atomic E-state index is 10.1. The van der Waals surface area contributed by atoms with Crippen molar-refractivity contribution >= 4 is 0 Å². The molecule has 0 saturated carbocycles. The van der Waals surface area contributed by atoms with Gasteiger partial charge in [-0.25, -0.2) is 0 Å². The third-order valence-electron chi connectivity index (χ3n) is 4.45. The zero-order chi connectivity index (χ0) is 13.6. The standard InChI is InChI=1S/C15H31NO2/c1-5-6-13-7-10-16(11-8-13)12-9-14(17)15(2,3)18-4/h13-14,17H,5-12H2,1-4H3. The van der Waals surface area contributed by atoms with E-state index in [4.69, 9.17) is 4.74 Å². The second-order valence-electron chi connectivity index (χ2n) is 6.19. The highest BCUT2D eigenvalue weighted by atomic mass is 16.5. The van der Waals surface area contributed by atoms with Gasteiger partial charge in [0.2, 0.25) is 0 Å². The Labute approximate surface area is 113 Å². The monoisotopic (exact) mass is 257 g/mol. The number of aliphatic hydroxyl groups is 1. The number of piperidine rings is 1. The van der Waals surface area contributed by atoms with E-state index in [-0.39, 0.29) is 6.10 Å². The number of ether oxygens (including phenoxy) is 1. The Bertz CT molecular complexity index is 223. The molecular weight excluding hydrogens is 226 g/mol. The van der Waals surface area contributed by atoms with Gasteiger partial charge in [-0.3, -0.25) is 0 Å². The van der Waals surface area contributed by atoms with Crippen molar-refractivity contribution in [2.24, 2.45) is 5.92 Å². The van der Waals surface area contributed by atoms with Crippen molar-refractivity contribution in [2.45, 2.75) is 64.6 Å². The van der Waals surface area contributed by atoms with Crippen molar-refractivity contribution in [3.63, 3.8) is 0 Å². The molecule has 1 aliphatic rings. The molecule has 1 heterocycles. The van der Waals surface area contributed by atoms with Gasteiger partial charge in [0.05, 0.1) is 11.7 Å². The molecule has 0 amide bonds. The van der Waals surface area contributed by atoms with E-state index in [0.717, 1.165) is 18.9 Å². The van der Waals surface area contributed by atoms with Crippen LogP contribution in [0.1, 0.15) is 52.9 Å². The second-order valence-corrected chi connectivity index (χ2v) is 6.19. The smallest absolute Gasteiger partial charge is 0.0880 e. The molecule has 1 unspecified atom stereocenters. The highest BCUT2D eigenvalue weighted by Gasteiger charge is 2.28. The number of methoxy groups -OCH3 is 1. The predicted molar refractivity (Wildman–Crippen MR) is 75.8 cm³/mol. The van der Waals surface area contributed by atoms with E-state index in [1.165, 1.54) is 38.8 Å². The minimum absolute atomic E-state index is 0.379. The van der Waals surface area contributed by atoms with Gasteiger partial charge in [0.1, 0.15) is 0 Å². The Morgan fingerprint density at radius 1 is 1.33 bits per heavy atom. The van der Waals surface area contributed by atoms with E-state index < -0.39 is 5.60 Å². The van der Waals surface area contributed by atoms with Crippen molar-refractivity contribution in [3.05, 3.63) is 0 Å². The van der Waals surface area contributed by atoms with Gasteiger partial charge in [0.15, 0.2) is 0 Å². The van der Waals surface area contributed by atoms with Crippen LogP contribution in [0.3, 0.4) is 0 Å². The van der Waals surface area contributed by atoms with Crippen LogP contribution in [0.4, 0.5) is 0 Å². The maximum Gasteiger partial charge on any atom is 0.0880 e. The quantitative estimate of drug-likeness (QED) is 0.761. The molecule has 108 valence electrons. The summed E-state index contributed by atoms with van der Waals surface area (Å²) in [5.41, 5.74) is -0.430. The molecule has 0 aromatic rings. The van der Waals surface area contributed by atoms with Crippen LogP contribution < -0.4 is 0 Å². The van der Waals surface area contributed by atoms with E-state index in [2.05, 4.69) is 11.8 Å². The van der Waals surface area contributed by atoms with Gasteiger partial charge < -0.3 is 14.7 Å². The van der Waals surface area contributed by atoms with Gasteiger partial charge in [-0.05, 0) is 52.1 Å². The molecule has 1 aliphatic heterocycles. The molecule has 1 N–H and O–H groups in total. The minimum atomic E-state index is -0.430. The molecule has 0 aromatic heterocycles. The number of likely N-dealkylation sites (tertiary alicyclic amines) is 1. The Morgan fingerprint density at radius 3 is 2.44 bits per heavy atom. The number of hydrogen-bond acceptors (Lipinski definition) is 3. The Kier molecular flexibility index (Phi) is 6.61. The first-order valence-electron chi connectivity index (χ1n) is 7.45. The number of rotatable bonds is 7. The van der Waals surface area contributed by atoms with Crippen molar-refractivity contribution in [2.75, 3.05) is 26.7 Å². The second kappa shape index (κ2) is 7.46. The number of hydrogen-bond donors (Lipinski definition) is 1. The van der Waals surface area contributed by atoms with Crippen LogP contribution >= 0.6 is 0 Å². The lowest BCUT2D eigenvalue weighted by molar-refractivity contribution is -0.0828. The fourth-order valence-electron chi connectivity index (χ4n) is 2.70. The van der Waals surface area contributed by atoms with Gasteiger partial charge in [-0.2, -0.15) is 0 Å². The summed E-state index contributed by atoms with van der Waals surface area (Å²) < 4.78 is 5.32. The number of nitrogens with zero attached hydrogens (tertiary/aromatic N) is 1. The SMILES string of the molecule is CCCC1CCN(CCC(O)C(C)(C)OC)CC1. The average molecular weight is 257 g/mol. The molecule has 0 radical (unpaired) electrons. The lowest BCUT2D eigenvalue weighted by Crippen LogP contribution is -2.42. The largest absolute Gasteiger partial charge is 0.390 e. The van der Waals surface area contributed by atoms with Crippen LogP contribution in [0, 0.1) is 5.92 Å². The van der Waals surface area contributed by atoms with Gasteiger partial charge in [-0.1, -0.05) is 19.8 Å². The summed E-state index contributed by atoms with van der Waals surface area (Å²) in [5.74, 6) is 0.937. The van der Waals surface area contributed by atoms with Crippen LogP contribution in [-0.4, -0.2) is 48.5 Å². The zero-order valence-corrected chi connectivity index (χ0v) is 12.6. The van der Waals surface area contributed by atoms with Crippen LogP contribution in [0.5, 0.6) is 0 Å².